The van der Waals surface area contributed by atoms with Crippen LogP contribution in [0.4, 0.5) is 26.2 Å². The number of nitrogens with one attached hydrogen (secondary N) is 1. The summed E-state index contributed by atoms with van der Waals surface area (Å²) >= 11 is 0. The second kappa shape index (κ2) is 6.78. The van der Waals surface area contributed by atoms with Crippen molar-refractivity contribution in [3.63, 3.8) is 0 Å². The highest BCUT2D eigenvalue weighted by Crippen LogP contribution is 2.29. The summed E-state index contributed by atoms with van der Waals surface area (Å²) < 4.78 is 18.1. The van der Waals surface area contributed by atoms with E-state index in [0.29, 0.717) is 24.5 Å². The van der Waals surface area contributed by atoms with E-state index in [0.717, 1.165) is 29.8 Å². The van der Waals surface area contributed by atoms with Crippen LogP contribution in [0.15, 0.2) is 36.4 Å². The zero-order valence-corrected chi connectivity index (χ0v) is 13.5. The number of halogens is 1. The van der Waals surface area contributed by atoms with Gasteiger partial charge < -0.3 is 15.4 Å². The first-order valence-electron chi connectivity index (χ1n) is 7.92. The molecule has 1 heterocycles. The van der Waals surface area contributed by atoms with Gasteiger partial charge in [0.2, 0.25) is 0 Å². The molecule has 3 N–H and O–H groups in total. The normalized spacial score (nSPS) is 13.3. The summed E-state index contributed by atoms with van der Waals surface area (Å²) in [6, 6.07) is 10.4. The molecule has 0 atom stereocenters. The van der Waals surface area contributed by atoms with E-state index in [1.54, 1.807) is 19.1 Å². The number of fused-ring (bicyclic) bond motifs is 1. The fourth-order valence-corrected chi connectivity index (χ4v) is 2.88. The van der Waals surface area contributed by atoms with Crippen LogP contribution in [0.5, 0.6) is 0 Å². The van der Waals surface area contributed by atoms with E-state index in [2.05, 4.69) is 10.2 Å². The van der Waals surface area contributed by atoms with Crippen LogP contribution >= 0.6 is 0 Å². The van der Waals surface area contributed by atoms with Crippen molar-refractivity contribution in [3.8, 4) is 0 Å². The van der Waals surface area contributed by atoms with Gasteiger partial charge in [-0.1, -0.05) is 6.07 Å². The SMILES string of the molecule is CCOC(=O)Nc1ccc(N2CCc3cc(F)ccc3C2)cc1N. The first kappa shape index (κ1) is 16.1. The molecule has 0 unspecified atom stereocenters. The highest BCUT2D eigenvalue weighted by atomic mass is 19.1. The molecule has 1 aliphatic rings. The monoisotopic (exact) mass is 329 g/mol. The molecule has 1 aliphatic heterocycles. The third-order valence-corrected chi connectivity index (χ3v) is 4.09. The molecular weight excluding hydrogens is 309 g/mol. The molecule has 2 aromatic carbocycles. The highest BCUT2D eigenvalue weighted by molar-refractivity contribution is 5.89. The maximum absolute atomic E-state index is 13.3. The lowest BCUT2D eigenvalue weighted by atomic mass is 9.99. The molecular formula is C18H20FN3O2. The first-order valence-corrected chi connectivity index (χ1v) is 7.92. The van der Waals surface area contributed by atoms with Gasteiger partial charge in [-0.2, -0.15) is 0 Å². The number of hydrogen-bond donors (Lipinski definition) is 2. The molecule has 3 rings (SSSR count). The van der Waals surface area contributed by atoms with E-state index in [9.17, 15) is 9.18 Å². The zero-order valence-electron chi connectivity index (χ0n) is 13.5. The van der Waals surface area contributed by atoms with Gasteiger partial charge in [0.25, 0.3) is 0 Å². The number of nitrogens with zero attached hydrogens (tertiary/aromatic N) is 1. The van der Waals surface area contributed by atoms with Gasteiger partial charge in [0.1, 0.15) is 5.82 Å². The molecule has 0 saturated carbocycles. The van der Waals surface area contributed by atoms with Gasteiger partial charge in [-0.25, -0.2) is 9.18 Å². The minimum absolute atomic E-state index is 0.194. The molecule has 0 radical (unpaired) electrons. The Morgan fingerprint density at radius 2 is 2.12 bits per heavy atom. The summed E-state index contributed by atoms with van der Waals surface area (Å²) in [7, 11) is 0. The lowest BCUT2D eigenvalue weighted by Crippen LogP contribution is -2.30. The number of rotatable bonds is 3. The number of benzene rings is 2. The minimum atomic E-state index is -0.522. The van der Waals surface area contributed by atoms with Crippen LogP contribution in [0.2, 0.25) is 0 Å². The van der Waals surface area contributed by atoms with E-state index >= 15 is 0 Å². The van der Waals surface area contributed by atoms with Crippen LogP contribution in [-0.2, 0) is 17.7 Å². The van der Waals surface area contributed by atoms with Crippen molar-refractivity contribution in [1.82, 2.24) is 0 Å². The molecule has 5 nitrogen and oxygen atoms in total. The second-order valence-electron chi connectivity index (χ2n) is 5.70. The lowest BCUT2D eigenvalue weighted by molar-refractivity contribution is 0.168. The van der Waals surface area contributed by atoms with Crippen LogP contribution in [0.1, 0.15) is 18.1 Å². The molecule has 1 amide bonds. The largest absolute Gasteiger partial charge is 0.450 e. The van der Waals surface area contributed by atoms with Gasteiger partial charge in [0.05, 0.1) is 18.0 Å². The van der Waals surface area contributed by atoms with Gasteiger partial charge in [-0.15, -0.1) is 0 Å². The summed E-state index contributed by atoms with van der Waals surface area (Å²) in [4.78, 5) is 13.7. The number of amides is 1. The average Bonchev–Trinajstić information content (AvgIpc) is 2.56. The summed E-state index contributed by atoms with van der Waals surface area (Å²) in [6.07, 6.45) is 0.265. The number of nitrogens with two attached hydrogens (primary N) is 1. The van der Waals surface area contributed by atoms with Crippen molar-refractivity contribution in [2.24, 2.45) is 0 Å². The Hall–Kier alpha value is -2.76. The molecule has 24 heavy (non-hydrogen) atoms. The van der Waals surface area contributed by atoms with Gasteiger partial charge in [-0.05, 0) is 54.8 Å². The van der Waals surface area contributed by atoms with Gasteiger partial charge in [0.15, 0.2) is 0 Å². The summed E-state index contributed by atoms with van der Waals surface area (Å²) in [5, 5.41) is 2.62. The molecule has 6 heteroatoms. The van der Waals surface area contributed by atoms with E-state index < -0.39 is 6.09 Å². The predicted molar refractivity (Wildman–Crippen MR) is 92.7 cm³/mol. The van der Waals surface area contributed by atoms with Crippen molar-refractivity contribution in [1.29, 1.82) is 0 Å². The van der Waals surface area contributed by atoms with E-state index in [-0.39, 0.29) is 5.82 Å². The molecule has 0 bridgehead atoms. The number of carbonyl (C=O) groups excluding carboxylic acids is 1. The van der Waals surface area contributed by atoms with Crippen molar-refractivity contribution in [3.05, 3.63) is 53.3 Å². The number of nitrogen functional groups attached to an aromatic ring is 1. The predicted octanol–water partition coefficient (Wildman–Crippen LogP) is 3.54. The second-order valence-corrected chi connectivity index (χ2v) is 5.70. The van der Waals surface area contributed by atoms with Crippen molar-refractivity contribution >= 4 is 23.2 Å². The van der Waals surface area contributed by atoms with Crippen LogP contribution in [0.25, 0.3) is 0 Å². The average molecular weight is 329 g/mol. The van der Waals surface area contributed by atoms with Crippen molar-refractivity contribution < 1.29 is 13.9 Å². The van der Waals surface area contributed by atoms with Crippen molar-refractivity contribution in [2.45, 2.75) is 19.9 Å². The molecule has 0 saturated heterocycles. The Bertz CT molecular complexity index is 764. The van der Waals surface area contributed by atoms with E-state index in [1.165, 1.54) is 6.07 Å². The Kier molecular flexibility index (Phi) is 4.55. The van der Waals surface area contributed by atoms with Crippen molar-refractivity contribution in [2.75, 3.05) is 29.1 Å². The smallest absolute Gasteiger partial charge is 0.411 e. The third kappa shape index (κ3) is 3.42. The van der Waals surface area contributed by atoms with E-state index in [4.69, 9.17) is 10.5 Å². The van der Waals surface area contributed by atoms with Crippen LogP contribution in [0, 0.1) is 5.82 Å². The first-order chi connectivity index (χ1) is 11.6. The number of ether oxygens (including phenoxy) is 1. The fourth-order valence-electron chi connectivity index (χ4n) is 2.88. The highest BCUT2D eigenvalue weighted by Gasteiger charge is 2.18. The Morgan fingerprint density at radius 1 is 1.29 bits per heavy atom. The maximum Gasteiger partial charge on any atom is 0.411 e. The van der Waals surface area contributed by atoms with Crippen LogP contribution in [-0.4, -0.2) is 19.2 Å². The summed E-state index contributed by atoms with van der Waals surface area (Å²) in [6.45, 7) is 3.55. The zero-order chi connectivity index (χ0) is 17.1. The Labute approximate surface area is 140 Å². The van der Waals surface area contributed by atoms with Gasteiger partial charge in [0, 0.05) is 18.8 Å². The number of hydrogen-bond acceptors (Lipinski definition) is 4. The Balaban J connectivity index is 1.75. The van der Waals surface area contributed by atoms with Gasteiger partial charge in [-0.3, -0.25) is 5.32 Å². The number of carbonyl (C=O) groups is 1. The third-order valence-electron chi connectivity index (χ3n) is 4.09. The minimum Gasteiger partial charge on any atom is -0.450 e. The van der Waals surface area contributed by atoms with Crippen LogP contribution in [0.3, 0.4) is 0 Å². The Morgan fingerprint density at radius 3 is 2.88 bits per heavy atom. The summed E-state index contributed by atoms with van der Waals surface area (Å²) in [5.74, 6) is -0.194. The molecule has 0 spiro atoms. The number of anilines is 3. The topological polar surface area (TPSA) is 67.6 Å². The quantitative estimate of drug-likeness (QED) is 0.845. The fraction of sp³-hybridized carbons (Fsp3) is 0.278. The van der Waals surface area contributed by atoms with Crippen LogP contribution < -0.4 is 16.0 Å². The summed E-state index contributed by atoms with van der Waals surface area (Å²) in [5.41, 5.74) is 10.2. The molecule has 0 fully saturated rings. The standard InChI is InChI=1S/C18H20FN3O2/c1-2-24-18(23)21-17-6-5-15(10-16(17)20)22-8-7-12-9-14(19)4-3-13(12)11-22/h3-6,9-10H,2,7-8,11,20H2,1H3,(H,21,23). The van der Waals surface area contributed by atoms with Gasteiger partial charge >= 0.3 is 6.09 Å². The molecule has 2 aromatic rings. The maximum atomic E-state index is 13.3. The van der Waals surface area contributed by atoms with E-state index in [1.807, 2.05) is 18.2 Å². The lowest BCUT2D eigenvalue weighted by Gasteiger charge is -2.31. The molecule has 0 aromatic heterocycles. The molecule has 0 aliphatic carbocycles. The molecule has 126 valence electrons.